The Morgan fingerprint density at radius 1 is 0.971 bits per heavy atom. The third-order valence-corrected chi connectivity index (χ3v) is 8.20. The number of benzene rings is 3. The van der Waals surface area contributed by atoms with Crippen LogP contribution in [0.5, 0.6) is 5.75 Å². The summed E-state index contributed by atoms with van der Waals surface area (Å²) in [7, 11) is 3.60. The largest absolute Gasteiger partial charge is 0.497 e. The number of amidine groups is 1. The fraction of sp³-hybridized carbons (Fsp3) is 0.148. The predicted octanol–water partition coefficient (Wildman–Crippen LogP) is 6.38. The molecule has 176 valence electrons. The molecule has 8 heteroatoms. The number of carbonyl (C=O) groups excluding carboxylic acids is 2. The summed E-state index contributed by atoms with van der Waals surface area (Å²) in [6.45, 7) is 3.55. The first kappa shape index (κ1) is 23.3. The van der Waals surface area contributed by atoms with Crippen LogP contribution in [0.15, 0.2) is 86.6 Å². The highest BCUT2D eigenvalue weighted by Crippen LogP contribution is 2.51. The van der Waals surface area contributed by atoms with Gasteiger partial charge in [0.25, 0.3) is 5.91 Å². The Bertz CT molecular complexity index is 1400. The topological polar surface area (TPSA) is 62.2 Å². The molecule has 2 heterocycles. The van der Waals surface area contributed by atoms with Crippen LogP contribution < -0.4 is 14.5 Å². The van der Waals surface area contributed by atoms with Crippen molar-refractivity contribution in [2.75, 3.05) is 24.0 Å². The molecule has 0 radical (unpaired) electrons. The third-order valence-electron chi connectivity index (χ3n) is 5.81. The van der Waals surface area contributed by atoms with Gasteiger partial charge in [0, 0.05) is 23.6 Å². The van der Waals surface area contributed by atoms with Crippen LogP contribution >= 0.6 is 23.5 Å². The first-order valence-electron chi connectivity index (χ1n) is 11.0. The number of carbonyl (C=O) groups is 2. The van der Waals surface area contributed by atoms with Gasteiger partial charge in [-0.1, -0.05) is 29.5 Å². The number of aliphatic imine (C=N–C) groups is 1. The van der Waals surface area contributed by atoms with Crippen molar-refractivity contribution in [1.29, 1.82) is 0 Å². The van der Waals surface area contributed by atoms with E-state index in [2.05, 4.69) is 0 Å². The molecule has 3 aromatic carbocycles. The van der Waals surface area contributed by atoms with Gasteiger partial charge in [0.2, 0.25) is 0 Å². The summed E-state index contributed by atoms with van der Waals surface area (Å²) in [6, 6.07) is 20.8. The summed E-state index contributed by atoms with van der Waals surface area (Å²) < 4.78 is 5.39. The Labute approximate surface area is 212 Å². The van der Waals surface area contributed by atoms with Crippen molar-refractivity contribution >= 4 is 57.4 Å². The Morgan fingerprint density at radius 3 is 2.34 bits per heavy atom. The summed E-state index contributed by atoms with van der Waals surface area (Å²) in [5.74, 6) is 0.651. The van der Waals surface area contributed by atoms with Crippen molar-refractivity contribution in [2.24, 2.45) is 4.99 Å². The van der Waals surface area contributed by atoms with E-state index >= 15 is 0 Å². The number of ether oxygens (including phenoxy) is 1. The van der Waals surface area contributed by atoms with Crippen LogP contribution in [0.25, 0.3) is 0 Å². The average molecular weight is 502 g/mol. The second-order valence-corrected chi connectivity index (χ2v) is 10.2. The molecule has 0 bridgehead atoms. The monoisotopic (exact) mass is 501 g/mol. The van der Waals surface area contributed by atoms with Crippen molar-refractivity contribution < 1.29 is 14.3 Å². The molecule has 0 aromatic heterocycles. The highest BCUT2D eigenvalue weighted by molar-refractivity contribution is 8.20. The Hall–Kier alpha value is -3.49. The molecule has 1 amide bonds. The number of fused-ring (bicyclic) bond motifs is 1. The molecule has 5 rings (SSSR count). The maximum atomic E-state index is 13.8. The fourth-order valence-corrected chi connectivity index (χ4v) is 6.16. The summed E-state index contributed by atoms with van der Waals surface area (Å²) >= 11 is 2.92. The zero-order chi connectivity index (χ0) is 24.7. The number of aryl methyl sites for hydroxylation is 1. The van der Waals surface area contributed by atoms with Crippen LogP contribution in [0.2, 0.25) is 0 Å². The van der Waals surface area contributed by atoms with Crippen LogP contribution in [0.1, 0.15) is 22.8 Å². The summed E-state index contributed by atoms with van der Waals surface area (Å²) in [5, 5.41) is 1.43. The predicted molar refractivity (Wildman–Crippen MR) is 144 cm³/mol. The third kappa shape index (κ3) is 4.35. The van der Waals surface area contributed by atoms with E-state index in [-0.39, 0.29) is 11.7 Å². The van der Waals surface area contributed by atoms with E-state index in [1.807, 2.05) is 61.3 Å². The molecule has 35 heavy (non-hydrogen) atoms. The number of Topliss-reactive ketones (excluding diaryl/α,β-unsaturated/α-hetero) is 1. The Morgan fingerprint density at radius 2 is 1.69 bits per heavy atom. The van der Waals surface area contributed by atoms with Gasteiger partial charge in [0.15, 0.2) is 11.0 Å². The van der Waals surface area contributed by atoms with E-state index in [1.165, 1.54) is 18.7 Å². The highest BCUT2D eigenvalue weighted by atomic mass is 32.2. The lowest BCUT2D eigenvalue weighted by atomic mass is 10.1. The standard InChI is InChI=1S/C27H23N3O3S2/c1-16-5-11-20(12-6-16)30-25(32)24(26-29(3)22-15-21(33-4)13-14-23(22)34-26)35-27(30)28-19-9-7-18(8-10-19)17(2)31/h5-15H,1-4H3. The van der Waals surface area contributed by atoms with Crippen LogP contribution in [-0.4, -0.2) is 31.0 Å². The molecule has 0 N–H and O–H groups in total. The lowest BCUT2D eigenvalue weighted by Gasteiger charge is -2.17. The van der Waals surface area contributed by atoms with Gasteiger partial charge in [-0.2, -0.15) is 0 Å². The Balaban J connectivity index is 1.58. The number of rotatable bonds is 4. The van der Waals surface area contributed by atoms with Gasteiger partial charge in [-0.15, -0.1) is 0 Å². The second kappa shape index (κ2) is 9.28. The fourth-order valence-electron chi connectivity index (χ4n) is 3.83. The van der Waals surface area contributed by atoms with Crippen LogP contribution in [-0.2, 0) is 4.79 Å². The molecule has 0 saturated carbocycles. The number of thioether (sulfide) groups is 2. The SMILES string of the molecule is COc1ccc2c(c1)N(C)C(=C1SC(=Nc3ccc(C(C)=O)cc3)N(c3ccc(C)cc3)C1=O)S2. The second-order valence-electron chi connectivity index (χ2n) is 8.20. The van der Waals surface area contributed by atoms with Crippen LogP contribution in [0.3, 0.4) is 0 Å². The van der Waals surface area contributed by atoms with Gasteiger partial charge in [-0.25, -0.2) is 4.99 Å². The lowest BCUT2D eigenvalue weighted by molar-refractivity contribution is -0.113. The van der Waals surface area contributed by atoms with Gasteiger partial charge in [0.1, 0.15) is 10.7 Å². The molecule has 0 atom stereocenters. The van der Waals surface area contributed by atoms with E-state index in [0.717, 1.165) is 32.6 Å². The number of nitrogens with zero attached hydrogens (tertiary/aromatic N) is 3. The van der Waals surface area contributed by atoms with Crippen molar-refractivity contribution in [3.05, 3.63) is 87.8 Å². The molecule has 1 saturated heterocycles. The van der Waals surface area contributed by atoms with Crippen LogP contribution in [0.4, 0.5) is 17.1 Å². The number of hydrogen-bond acceptors (Lipinski definition) is 7. The molecule has 0 aliphatic carbocycles. The number of ketones is 1. The molecule has 1 fully saturated rings. The van der Waals surface area contributed by atoms with Gasteiger partial charge < -0.3 is 9.64 Å². The van der Waals surface area contributed by atoms with E-state index in [9.17, 15) is 9.59 Å². The first-order valence-corrected chi connectivity index (χ1v) is 12.6. The van der Waals surface area contributed by atoms with E-state index in [4.69, 9.17) is 9.73 Å². The summed E-state index contributed by atoms with van der Waals surface area (Å²) in [6.07, 6.45) is 0. The van der Waals surface area contributed by atoms with Gasteiger partial charge in [0.05, 0.1) is 29.2 Å². The van der Waals surface area contributed by atoms with Crippen LogP contribution in [0, 0.1) is 6.92 Å². The van der Waals surface area contributed by atoms with Crippen molar-refractivity contribution in [2.45, 2.75) is 18.7 Å². The quantitative estimate of drug-likeness (QED) is 0.305. The minimum absolute atomic E-state index is 0.000385. The van der Waals surface area contributed by atoms with Crippen molar-refractivity contribution in [3.8, 4) is 5.75 Å². The smallest absolute Gasteiger partial charge is 0.274 e. The number of hydrogen-bond donors (Lipinski definition) is 0. The molecule has 2 aliphatic rings. The van der Waals surface area contributed by atoms with E-state index in [0.29, 0.717) is 21.3 Å². The van der Waals surface area contributed by atoms with Crippen molar-refractivity contribution in [1.82, 2.24) is 0 Å². The Kier molecular flexibility index (Phi) is 6.17. The molecule has 0 spiro atoms. The zero-order valence-corrected chi connectivity index (χ0v) is 21.4. The number of methoxy groups -OCH3 is 1. The minimum atomic E-state index is -0.118. The molecule has 0 unspecified atom stereocenters. The maximum absolute atomic E-state index is 13.8. The summed E-state index contributed by atoms with van der Waals surface area (Å²) in [4.78, 5) is 35.6. The van der Waals surface area contributed by atoms with E-state index in [1.54, 1.807) is 48.0 Å². The van der Waals surface area contributed by atoms with E-state index < -0.39 is 0 Å². The molecule has 6 nitrogen and oxygen atoms in total. The normalized spacial score (nSPS) is 18.4. The minimum Gasteiger partial charge on any atom is -0.497 e. The van der Waals surface area contributed by atoms with Gasteiger partial charge >= 0.3 is 0 Å². The molecular formula is C27H23N3O3S2. The van der Waals surface area contributed by atoms with Crippen molar-refractivity contribution in [3.63, 3.8) is 0 Å². The maximum Gasteiger partial charge on any atom is 0.274 e. The first-order chi connectivity index (χ1) is 16.9. The number of amides is 1. The number of anilines is 2. The summed E-state index contributed by atoms with van der Waals surface area (Å²) in [5.41, 5.74) is 4.17. The highest BCUT2D eigenvalue weighted by Gasteiger charge is 2.40. The molecule has 2 aliphatic heterocycles. The molecule has 3 aromatic rings. The van der Waals surface area contributed by atoms with Gasteiger partial charge in [-0.05, 0) is 74.1 Å². The zero-order valence-electron chi connectivity index (χ0n) is 19.7. The lowest BCUT2D eigenvalue weighted by Crippen LogP contribution is -2.29. The van der Waals surface area contributed by atoms with Gasteiger partial charge in [-0.3, -0.25) is 14.5 Å². The average Bonchev–Trinajstić information content (AvgIpc) is 3.35. The molecular weight excluding hydrogens is 478 g/mol.